The van der Waals surface area contributed by atoms with E-state index in [2.05, 4.69) is 9.71 Å². The number of hydrogen-bond acceptors (Lipinski definition) is 4. The SMILES string of the molecule is O=S(=O)(NCc1ccc(C2CC2)nc1)c1cccs1. The highest BCUT2D eigenvalue weighted by Gasteiger charge is 2.24. The number of pyridine rings is 1. The molecule has 0 atom stereocenters. The lowest BCUT2D eigenvalue weighted by molar-refractivity contribution is 0.583. The molecule has 1 aliphatic carbocycles. The van der Waals surface area contributed by atoms with E-state index < -0.39 is 10.0 Å². The van der Waals surface area contributed by atoms with Crippen molar-refractivity contribution in [1.82, 2.24) is 9.71 Å². The summed E-state index contributed by atoms with van der Waals surface area (Å²) in [5.41, 5.74) is 1.99. The van der Waals surface area contributed by atoms with Crippen molar-refractivity contribution in [3.63, 3.8) is 0 Å². The van der Waals surface area contributed by atoms with E-state index in [4.69, 9.17) is 0 Å². The van der Waals surface area contributed by atoms with E-state index in [0.29, 0.717) is 10.1 Å². The Labute approximate surface area is 116 Å². The third kappa shape index (κ3) is 3.02. The molecule has 4 nitrogen and oxygen atoms in total. The fourth-order valence-corrected chi connectivity index (χ4v) is 3.88. The topological polar surface area (TPSA) is 59.1 Å². The number of nitrogens with one attached hydrogen (secondary N) is 1. The van der Waals surface area contributed by atoms with Crippen LogP contribution in [0, 0.1) is 0 Å². The Hall–Kier alpha value is -1.24. The monoisotopic (exact) mass is 294 g/mol. The molecule has 2 aromatic heterocycles. The molecule has 6 heteroatoms. The van der Waals surface area contributed by atoms with Crippen molar-refractivity contribution in [2.24, 2.45) is 0 Å². The van der Waals surface area contributed by atoms with E-state index in [9.17, 15) is 8.42 Å². The van der Waals surface area contributed by atoms with Crippen LogP contribution in [0.3, 0.4) is 0 Å². The lowest BCUT2D eigenvalue weighted by Gasteiger charge is -2.05. The van der Waals surface area contributed by atoms with Crippen molar-refractivity contribution in [3.8, 4) is 0 Å². The smallest absolute Gasteiger partial charge is 0.250 e. The number of hydrogen-bond donors (Lipinski definition) is 1. The number of aromatic nitrogens is 1. The molecule has 0 saturated heterocycles. The van der Waals surface area contributed by atoms with Gasteiger partial charge in [0.05, 0.1) is 0 Å². The normalized spacial score (nSPS) is 15.6. The maximum absolute atomic E-state index is 11.9. The molecule has 1 fully saturated rings. The minimum Gasteiger partial charge on any atom is -0.261 e. The maximum atomic E-state index is 11.9. The first-order chi connectivity index (χ1) is 9.15. The molecule has 0 radical (unpaired) electrons. The standard InChI is InChI=1S/C13H14N2O2S2/c16-19(17,13-2-1-7-18-13)15-9-10-3-6-12(14-8-10)11-4-5-11/h1-3,6-8,11,15H,4-5,9H2. The number of nitrogens with zero attached hydrogens (tertiary/aromatic N) is 1. The molecule has 0 aromatic carbocycles. The summed E-state index contributed by atoms with van der Waals surface area (Å²) in [6.45, 7) is 0.276. The highest BCUT2D eigenvalue weighted by atomic mass is 32.2. The molecule has 1 N–H and O–H groups in total. The Morgan fingerprint density at radius 2 is 2.16 bits per heavy atom. The summed E-state index contributed by atoms with van der Waals surface area (Å²) in [6.07, 6.45) is 4.19. The molecule has 0 spiro atoms. The Bertz CT molecular complexity index is 644. The van der Waals surface area contributed by atoms with E-state index in [-0.39, 0.29) is 6.54 Å². The quantitative estimate of drug-likeness (QED) is 0.921. The summed E-state index contributed by atoms with van der Waals surface area (Å²) in [7, 11) is -3.39. The Kier molecular flexibility index (Phi) is 3.38. The van der Waals surface area contributed by atoms with Gasteiger partial charge in [-0.25, -0.2) is 13.1 Å². The third-order valence-electron chi connectivity index (χ3n) is 3.07. The fourth-order valence-electron chi connectivity index (χ4n) is 1.83. The van der Waals surface area contributed by atoms with Gasteiger partial charge in [-0.15, -0.1) is 11.3 Å². The summed E-state index contributed by atoms with van der Waals surface area (Å²) in [4.78, 5) is 4.37. The molecule has 0 aliphatic heterocycles. The second kappa shape index (κ2) is 5.03. The van der Waals surface area contributed by atoms with Crippen molar-refractivity contribution < 1.29 is 8.42 Å². The number of sulfonamides is 1. The molecule has 1 aliphatic rings. The van der Waals surface area contributed by atoms with Crippen LogP contribution >= 0.6 is 11.3 Å². The van der Waals surface area contributed by atoms with Crippen LogP contribution < -0.4 is 4.72 Å². The third-order valence-corrected chi connectivity index (χ3v) is 5.87. The van der Waals surface area contributed by atoms with Crippen LogP contribution in [0.5, 0.6) is 0 Å². The van der Waals surface area contributed by atoms with Crippen LogP contribution in [0.15, 0.2) is 40.1 Å². The average molecular weight is 294 g/mol. The Balaban J connectivity index is 1.65. The first kappa shape index (κ1) is 12.8. The van der Waals surface area contributed by atoms with E-state index in [1.54, 1.807) is 23.7 Å². The fraction of sp³-hybridized carbons (Fsp3) is 0.308. The molecule has 0 bridgehead atoms. The van der Waals surface area contributed by atoms with E-state index in [1.165, 1.54) is 24.2 Å². The van der Waals surface area contributed by atoms with E-state index in [0.717, 1.165) is 11.3 Å². The van der Waals surface area contributed by atoms with Crippen LogP contribution in [-0.4, -0.2) is 13.4 Å². The number of thiophene rings is 1. The van der Waals surface area contributed by atoms with Crippen molar-refractivity contribution in [1.29, 1.82) is 0 Å². The summed E-state index contributed by atoms with van der Waals surface area (Å²) >= 11 is 1.21. The van der Waals surface area contributed by atoms with Gasteiger partial charge < -0.3 is 0 Å². The Morgan fingerprint density at radius 3 is 2.74 bits per heavy atom. The van der Waals surface area contributed by atoms with Crippen molar-refractivity contribution in [3.05, 3.63) is 47.1 Å². The van der Waals surface area contributed by atoms with Crippen molar-refractivity contribution in [2.75, 3.05) is 0 Å². The van der Waals surface area contributed by atoms with Crippen LogP contribution in [-0.2, 0) is 16.6 Å². The van der Waals surface area contributed by atoms with Crippen LogP contribution in [0.25, 0.3) is 0 Å². The van der Waals surface area contributed by atoms with Crippen LogP contribution in [0.4, 0.5) is 0 Å². The molecule has 3 rings (SSSR count). The van der Waals surface area contributed by atoms with E-state index >= 15 is 0 Å². The summed E-state index contributed by atoms with van der Waals surface area (Å²) in [5.74, 6) is 0.622. The molecule has 2 aromatic rings. The molecule has 2 heterocycles. The maximum Gasteiger partial charge on any atom is 0.250 e. The predicted molar refractivity (Wildman–Crippen MR) is 74.6 cm³/mol. The van der Waals surface area contributed by atoms with Crippen LogP contribution in [0.1, 0.15) is 30.0 Å². The largest absolute Gasteiger partial charge is 0.261 e. The lowest BCUT2D eigenvalue weighted by Crippen LogP contribution is -2.22. The molecule has 0 amide bonds. The van der Waals surface area contributed by atoms with Crippen molar-refractivity contribution >= 4 is 21.4 Å². The van der Waals surface area contributed by atoms with Gasteiger partial charge in [-0.05, 0) is 35.9 Å². The van der Waals surface area contributed by atoms with Crippen molar-refractivity contribution in [2.45, 2.75) is 29.5 Å². The zero-order valence-corrected chi connectivity index (χ0v) is 11.9. The summed E-state index contributed by atoms with van der Waals surface area (Å²) in [5, 5.41) is 1.75. The second-order valence-corrected chi connectivity index (χ2v) is 7.56. The van der Waals surface area contributed by atoms with Gasteiger partial charge in [-0.1, -0.05) is 12.1 Å². The average Bonchev–Trinajstić information content (AvgIpc) is 3.11. The molecule has 1 saturated carbocycles. The van der Waals surface area contributed by atoms with Gasteiger partial charge in [0, 0.05) is 24.4 Å². The van der Waals surface area contributed by atoms with Gasteiger partial charge in [0.25, 0.3) is 0 Å². The Morgan fingerprint density at radius 1 is 1.32 bits per heavy atom. The zero-order valence-electron chi connectivity index (χ0n) is 10.2. The second-order valence-electron chi connectivity index (χ2n) is 4.62. The lowest BCUT2D eigenvalue weighted by atomic mass is 10.2. The molecular weight excluding hydrogens is 280 g/mol. The molecule has 0 unspecified atom stereocenters. The van der Waals surface area contributed by atoms with Gasteiger partial charge in [-0.2, -0.15) is 0 Å². The van der Waals surface area contributed by atoms with Gasteiger partial charge in [0.1, 0.15) is 4.21 Å². The first-order valence-electron chi connectivity index (χ1n) is 6.13. The van der Waals surface area contributed by atoms with Crippen LogP contribution in [0.2, 0.25) is 0 Å². The van der Waals surface area contributed by atoms with Gasteiger partial charge >= 0.3 is 0 Å². The van der Waals surface area contributed by atoms with Gasteiger partial charge in [0.15, 0.2) is 0 Å². The summed E-state index contributed by atoms with van der Waals surface area (Å²) in [6, 6.07) is 7.26. The minimum atomic E-state index is -3.39. The predicted octanol–water partition coefficient (Wildman–Crippen LogP) is 2.50. The summed E-state index contributed by atoms with van der Waals surface area (Å²) < 4.78 is 26.8. The highest BCUT2D eigenvalue weighted by molar-refractivity contribution is 7.91. The molecule has 19 heavy (non-hydrogen) atoms. The number of rotatable bonds is 5. The van der Waals surface area contributed by atoms with E-state index in [1.807, 2.05) is 12.1 Å². The van der Waals surface area contributed by atoms with Gasteiger partial charge in [-0.3, -0.25) is 4.98 Å². The zero-order chi connectivity index (χ0) is 13.3. The first-order valence-corrected chi connectivity index (χ1v) is 8.49. The van der Waals surface area contributed by atoms with Gasteiger partial charge in [0.2, 0.25) is 10.0 Å². The minimum absolute atomic E-state index is 0.276. The molecular formula is C13H14N2O2S2. The highest BCUT2D eigenvalue weighted by Crippen LogP contribution is 2.38. The molecule has 100 valence electrons.